The van der Waals surface area contributed by atoms with Gasteiger partial charge < -0.3 is 5.32 Å². The van der Waals surface area contributed by atoms with Crippen LogP contribution in [0.1, 0.15) is 26.3 Å². The van der Waals surface area contributed by atoms with Gasteiger partial charge in [-0.25, -0.2) is 8.42 Å². The zero-order chi connectivity index (χ0) is 20.2. The maximum absolute atomic E-state index is 13.1. The number of nitrogens with zero attached hydrogens (tertiary/aromatic N) is 1. The van der Waals surface area contributed by atoms with Crippen LogP contribution in [0.5, 0.6) is 0 Å². The summed E-state index contributed by atoms with van der Waals surface area (Å²) < 4.78 is 27.3. The van der Waals surface area contributed by atoms with Gasteiger partial charge in [0, 0.05) is 12.1 Å². The number of amides is 1. The molecule has 0 aromatic heterocycles. The second-order valence-electron chi connectivity index (χ2n) is 7.13. The van der Waals surface area contributed by atoms with Crippen molar-refractivity contribution in [2.75, 3.05) is 6.54 Å². The van der Waals surface area contributed by atoms with E-state index >= 15 is 0 Å². The molecule has 0 aliphatic heterocycles. The molecule has 0 aliphatic carbocycles. The number of hydrogen-bond donors (Lipinski definition) is 1. The molecule has 0 saturated carbocycles. The summed E-state index contributed by atoms with van der Waals surface area (Å²) in [7, 11) is -3.88. The third kappa shape index (κ3) is 6.21. The van der Waals surface area contributed by atoms with E-state index in [4.69, 9.17) is 23.2 Å². The van der Waals surface area contributed by atoms with E-state index in [0.717, 1.165) is 4.31 Å². The highest BCUT2D eigenvalue weighted by Crippen LogP contribution is 2.25. The molecule has 2 aromatic carbocycles. The van der Waals surface area contributed by atoms with Crippen molar-refractivity contribution in [3.63, 3.8) is 0 Å². The van der Waals surface area contributed by atoms with Gasteiger partial charge in [-0.05, 0) is 50.6 Å². The first-order valence-electron chi connectivity index (χ1n) is 8.29. The molecule has 5 nitrogen and oxygen atoms in total. The summed E-state index contributed by atoms with van der Waals surface area (Å²) in [6.45, 7) is 5.18. The zero-order valence-corrected chi connectivity index (χ0v) is 17.7. The molecule has 146 valence electrons. The SMILES string of the molecule is CC(C)(C)NC(=O)CN(Cc1ccc(Cl)c(Cl)c1)S(=O)(=O)c1ccccc1. The van der Waals surface area contributed by atoms with Gasteiger partial charge in [-0.1, -0.05) is 47.5 Å². The van der Waals surface area contributed by atoms with Crippen molar-refractivity contribution in [3.8, 4) is 0 Å². The molecule has 0 unspecified atom stereocenters. The summed E-state index contributed by atoms with van der Waals surface area (Å²) in [4.78, 5) is 12.5. The lowest BCUT2D eigenvalue weighted by Gasteiger charge is -2.25. The smallest absolute Gasteiger partial charge is 0.243 e. The summed E-state index contributed by atoms with van der Waals surface area (Å²) >= 11 is 12.0. The van der Waals surface area contributed by atoms with Gasteiger partial charge in [-0.2, -0.15) is 4.31 Å². The molecule has 0 aliphatic rings. The summed E-state index contributed by atoms with van der Waals surface area (Å²) in [6, 6.07) is 12.9. The predicted molar refractivity (Wildman–Crippen MR) is 108 cm³/mol. The molecule has 0 heterocycles. The first-order valence-corrected chi connectivity index (χ1v) is 10.5. The minimum absolute atomic E-state index is 0.00825. The van der Waals surface area contributed by atoms with Crippen LogP contribution in [-0.4, -0.2) is 30.7 Å². The molecule has 0 saturated heterocycles. The van der Waals surface area contributed by atoms with Crippen molar-refractivity contribution in [2.24, 2.45) is 0 Å². The summed E-state index contributed by atoms with van der Waals surface area (Å²) in [5.74, 6) is -0.387. The van der Waals surface area contributed by atoms with Crippen LogP contribution < -0.4 is 5.32 Å². The van der Waals surface area contributed by atoms with E-state index in [0.29, 0.717) is 15.6 Å². The van der Waals surface area contributed by atoms with E-state index in [1.165, 1.54) is 12.1 Å². The van der Waals surface area contributed by atoms with Crippen molar-refractivity contribution in [1.82, 2.24) is 9.62 Å². The van der Waals surface area contributed by atoms with Crippen LogP contribution in [0.4, 0.5) is 0 Å². The Bertz CT molecular complexity index is 910. The van der Waals surface area contributed by atoms with Gasteiger partial charge in [0.15, 0.2) is 0 Å². The average Bonchev–Trinajstić information content (AvgIpc) is 2.56. The molecule has 27 heavy (non-hydrogen) atoms. The minimum Gasteiger partial charge on any atom is -0.350 e. The summed E-state index contributed by atoms with van der Waals surface area (Å²) in [5, 5.41) is 3.49. The summed E-state index contributed by atoms with van der Waals surface area (Å²) in [6.07, 6.45) is 0. The number of halogens is 2. The van der Waals surface area contributed by atoms with Gasteiger partial charge in [-0.3, -0.25) is 4.79 Å². The maximum Gasteiger partial charge on any atom is 0.243 e. The fourth-order valence-electron chi connectivity index (χ4n) is 2.43. The number of rotatable bonds is 6. The summed E-state index contributed by atoms with van der Waals surface area (Å²) in [5.41, 5.74) is 0.163. The Labute approximate surface area is 170 Å². The lowest BCUT2D eigenvalue weighted by atomic mass is 10.1. The molecule has 0 radical (unpaired) electrons. The minimum atomic E-state index is -3.88. The largest absolute Gasteiger partial charge is 0.350 e. The molecule has 2 aromatic rings. The third-order valence-electron chi connectivity index (χ3n) is 3.56. The lowest BCUT2D eigenvalue weighted by Crippen LogP contribution is -2.47. The Morgan fingerprint density at radius 1 is 1.04 bits per heavy atom. The molecule has 0 atom stereocenters. The Kier molecular flexibility index (Phi) is 6.92. The highest BCUT2D eigenvalue weighted by atomic mass is 35.5. The Balaban J connectivity index is 2.35. The molecule has 0 bridgehead atoms. The number of sulfonamides is 1. The van der Waals surface area contributed by atoms with E-state index in [1.54, 1.807) is 36.4 Å². The van der Waals surface area contributed by atoms with E-state index in [-0.39, 0.29) is 23.9 Å². The number of carbonyl (C=O) groups excluding carboxylic acids is 1. The lowest BCUT2D eigenvalue weighted by molar-refractivity contribution is -0.122. The quantitative estimate of drug-likeness (QED) is 0.752. The van der Waals surface area contributed by atoms with Crippen molar-refractivity contribution >= 4 is 39.1 Å². The van der Waals surface area contributed by atoms with Gasteiger partial charge in [0.1, 0.15) is 0 Å². The molecule has 0 spiro atoms. The van der Waals surface area contributed by atoms with E-state index < -0.39 is 15.6 Å². The number of benzene rings is 2. The highest BCUT2D eigenvalue weighted by Gasteiger charge is 2.28. The molecule has 8 heteroatoms. The highest BCUT2D eigenvalue weighted by molar-refractivity contribution is 7.89. The Morgan fingerprint density at radius 3 is 2.22 bits per heavy atom. The molecule has 1 amide bonds. The molecule has 2 rings (SSSR count). The number of carbonyl (C=O) groups is 1. The second kappa shape index (κ2) is 8.61. The van der Waals surface area contributed by atoms with Crippen LogP contribution in [-0.2, 0) is 21.4 Å². The molecular weight excluding hydrogens is 407 g/mol. The predicted octanol–water partition coefficient (Wildman–Crippen LogP) is 4.10. The zero-order valence-electron chi connectivity index (χ0n) is 15.4. The number of hydrogen-bond acceptors (Lipinski definition) is 3. The Morgan fingerprint density at radius 2 is 1.67 bits per heavy atom. The maximum atomic E-state index is 13.1. The van der Waals surface area contributed by atoms with Gasteiger partial charge in [0.05, 0.1) is 21.5 Å². The van der Waals surface area contributed by atoms with Gasteiger partial charge in [-0.15, -0.1) is 0 Å². The van der Waals surface area contributed by atoms with Crippen molar-refractivity contribution < 1.29 is 13.2 Å². The molecular formula is C19H22Cl2N2O3S. The van der Waals surface area contributed by atoms with Crippen LogP contribution >= 0.6 is 23.2 Å². The van der Waals surface area contributed by atoms with Crippen molar-refractivity contribution in [1.29, 1.82) is 0 Å². The van der Waals surface area contributed by atoms with E-state index in [2.05, 4.69) is 5.32 Å². The first kappa shape index (κ1) is 21.7. The fourth-order valence-corrected chi connectivity index (χ4v) is 4.15. The van der Waals surface area contributed by atoms with Crippen molar-refractivity contribution in [2.45, 2.75) is 37.8 Å². The van der Waals surface area contributed by atoms with Crippen LogP contribution in [0.15, 0.2) is 53.4 Å². The molecule has 0 fully saturated rings. The van der Waals surface area contributed by atoms with E-state index in [9.17, 15) is 13.2 Å². The van der Waals surface area contributed by atoms with Crippen LogP contribution in [0.3, 0.4) is 0 Å². The first-order chi connectivity index (χ1) is 12.5. The van der Waals surface area contributed by atoms with Gasteiger partial charge in [0.25, 0.3) is 0 Å². The molecule has 1 N–H and O–H groups in total. The van der Waals surface area contributed by atoms with Gasteiger partial charge in [0.2, 0.25) is 15.9 Å². The van der Waals surface area contributed by atoms with Crippen LogP contribution in [0.2, 0.25) is 10.0 Å². The van der Waals surface area contributed by atoms with Gasteiger partial charge >= 0.3 is 0 Å². The monoisotopic (exact) mass is 428 g/mol. The normalized spacial score (nSPS) is 12.2. The van der Waals surface area contributed by atoms with Crippen LogP contribution in [0, 0.1) is 0 Å². The van der Waals surface area contributed by atoms with E-state index in [1.807, 2.05) is 20.8 Å². The van der Waals surface area contributed by atoms with Crippen LogP contribution in [0.25, 0.3) is 0 Å². The van der Waals surface area contributed by atoms with Crippen molar-refractivity contribution in [3.05, 3.63) is 64.1 Å². The number of nitrogens with one attached hydrogen (secondary N) is 1. The topological polar surface area (TPSA) is 66.5 Å². The standard InChI is InChI=1S/C19H22Cl2N2O3S/c1-19(2,3)22-18(24)13-23(12-14-9-10-16(20)17(21)11-14)27(25,26)15-7-5-4-6-8-15/h4-11H,12-13H2,1-3H3,(H,22,24). The second-order valence-corrected chi connectivity index (χ2v) is 9.89. The third-order valence-corrected chi connectivity index (χ3v) is 6.10. The average molecular weight is 429 g/mol. The Hall–Kier alpha value is -1.60. The fraction of sp³-hybridized carbons (Fsp3) is 0.316.